The van der Waals surface area contributed by atoms with E-state index in [1.54, 1.807) is 18.6 Å². The molecule has 0 aliphatic heterocycles. The number of methoxy groups -OCH3 is 1. The zero-order valence-electron chi connectivity index (χ0n) is 16.8. The minimum atomic E-state index is -0.292. The van der Waals surface area contributed by atoms with Crippen molar-refractivity contribution in [3.8, 4) is 11.5 Å². The lowest BCUT2D eigenvalue weighted by Crippen LogP contribution is -2.35. The van der Waals surface area contributed by atoms with Gasteiger partial charge in [0.2, 0.25) is 0 Å². The van der Waals surface area contributed by atoms with Gasteiger partial charge in [-0.1, -0.05) is 30.3 Å². The first-order chi connectivity index (χ1) is 14.6. The molecule has 0 bridgehead atoms. The van der Waals surface area contributed by atoms with Crippen LogP contribution >= 0.6 is 11.3 Å². The average Bonchev–Trinajstić information content (AvgIpc) is 3.24. The highest BCUT2D eigenvalue weighted by molar-refractivity contribution is 7.09. The average molecular weight is 426 g/mol. The van der Waals surface area contributed by atoms with Gasteiger partial charge in [0.15, 0.2) is 11.5 Å². The third kappa shape index (κ3) is 5.57. The third-order valence-corrected chi connectivity index (χ3v) is 5.11. The van der Waals surface area contributed by atoms with E-state index in [4.69, 9.17) is 9.47 Å². The molecule has 0 aliphatic rings. The fourth-order valence-corrected chi connectivity index (χ4v) is 3.41. The molecule has 2 amide bonds. The van der Waals surface area contributed by atoms with Crippen molar-refractivity contribution < 1.29 is 19.1 Å². The first kappa shape index (κ1) is 21.3. The van der Waals surface area contributed by atoms with Gasteiger partial charge in [-0.25, -0.2) is 4.98 Å². The van der Waals surface area contributed by atoms with Crippen LogP contribution in [-0.2, 0) is 6.61 Å². The molecule has 2 N–H and O–H groups in total. The number of carbonyl (C=O) groups is 2. The minimum absolute atomic E-state index is 0.160. The van der Waals surface area contributed by atoms with Crippen LogP contribution in [0.2, 0.25) is 0 Å². The normalized spacial score (nSPS) is 10.3. The van der Waals surface area contributed by atoms with Crippen molar-refractivity contribution in [1.82, 2.24) is 15.6 Å². The van der Waals surface area contributed by atoms with Crippen LogP contribution in [0.5, 0.6) is 11.5 Å². The number of rotatable bonds is 9. The Labute approximate surface area is 179 Å². The van der Waals surface area contributed by atoms with Gasteiger partial charge in [0.25, 0.3) is 11.8 Å². The van der Waals surface area contributed by atoms with Gasteiger partial charge >= 0.3 is 0 Å². The molecule has 0 fully saturated rings. The smallest absolute Gasteiger partial charge is 0.270 e. The maximum Gasteiger partial charge on any atom is 0.270 e. The molecule has 0 saturated heterocycles. The van der Waals surface area contributed by atoms with E-state index in [0.717, 1.165) is 5.56 Å². The van der Waals surface area contributed by atoms with Crippen LogP contribution in [0.25, 0.3) is 0 Å². The molecule has 1 heterocycles. The van der Waals surface area contributed by atoms with Crippen molar-refractivity contribution in [2.75, 3.05) is 20.2 Å². The second kappa shape index (κ2) is 10.4. The molecule has 7 nitrogen and oxygen atoms in total. The number of nitrogens with zero attached hydrogens (tertiary/aromatic N) is 1. The summed E-state index contributed by atoms with van der Waals surface area (Å²) in [5.41, 5.74) is 1.86. The predicted octanol–water partition coefficient (Wildman–Crippen LogP) is 3.20. The summed E-state index contributed by atoms with van der Waals surface area (Å²) in [7, 11) is 1.58. The van der Waals surface area contributed by atoms with Gasteiger partial charge in [0.05, 0.1) is 7.11 Å². The first-order valence-corrected chi connectivity index (χ1v) is 10.3. The minimum Gasteiger partial charge on any atom is -0.493 e. The van der Waals surface area contributed by atoms with Crippen molar-refractivity contribution in [3.05, 3.63) is 75.7 Å². The maximum atomic E-state index is 12.3. The molecular weight excluding hydrogens is 402 g/mol. The number of thiazole rings is 1. The number of aromatic nitrogens is 1. The van der Waals surface area contributed by atoms with Crippen LogP contribution in [0.1, 0.15) is 31.4 Å². The molecule has 30 heavy (non-hydrogen) atoms. The topological polar surface area (TPSA) is 89.6 Å². The molecule has 1 aromatic heterocycles. The number of hydrogen-bond donors (Lipinski definition) is 2. The predicted molar refractivity (Wildman–Crippen MR) is 115 cm³/mol. The number of benzene rings is 2. The number of para-hydroxylation sites is 2. The van der Waals surface area contributed by atoms with E-state index in [9.17, 15) is 9.59 Å². The zero-order valence-corrected chi connectivity index (χ0v) is 17.6. The second-order valence-corrected chi connectivity index (χ2v) is 7.34. The van der Waals surface area contributed by atoms with E-state index in [-0.39, 0.29) is 18.4 Å². The quantitative estimate of drug-likeness (QED) is 0.514. The van der Waals surface area contributed by atoms with Crippen molar-refractivity contribution in [2.24, 2.45) is 0 Å². The van der Waals surface area contributed by atoms with E-state index in [1.165, 1.54) is 11.3 Å². The molecule has 2 aromatic carbocycles. The SMILES string of the molecule is COc1ccccc1OCc1nc(C(=O)NCCNC(=O)c2ccccc2C)cs1. The summed E-state index contributed by atoms with van der Waals surface area (Å²) < 4.78 is 11.0. The molecule has 0 aliphatic carbocycles. The Morgan fingerprint density at radius 2 is 1.63 bits per heavy atom. The second-order valence-electron chi connectivity index (χ2n) is 6.39. The Hall–Kier alpha value is -3.39. The van der Waals surface area contributed by atoms with Gasteiger partial charge in [0.1, 0.15) is 17.3 Å². The lowest BCUT2D eigenvalue weighted by atomic mass is 10.1. The number of ether oxygens (including phenoxy) is 2. The van der Waals surface area contributed by atoms with Crippen molar-refractivity contribution in [2.45, 2.75) is 13.5 Å². The maximum absolute atomic E-state index is 12.3. The fraction of sp³-hybridized carbons (Fsp3) is 0.227. The summed E-state index contributed by atoms with van der Waals surface area (Å²) in [6.07, 6.45) is 0. The van der Waals surface area contributed by atoms with E-state index in [0.29, 0.717) is 40.9 Å². The fourth-order valence-electron chi connectivity index (χ4n) is 2.72. The lowest BCUT2D eigenvalue weighted by molar-refractivity contribution is 0.0925. The summed E-state index contributed by atoms with van der Waals surface area (Å²) in [6, 6.07) is 14.7. The largest absolute Gasteiger partial charge is 0.493 e. The van der Waals surface area contributed by atoms with Gasteiger partial charge in [-0.2, -0.15) is 0 Å². The summed E-state index contributed by atoms with van der Waals surface area (Å²) in [5, 5.41) is 7.92. The zero-order chi connectivity index (χ0) is 21.3. The van der Waals surface area contributed by atoms with Crippen LogP contribution in [0.3, 0.4) is 0 Å². The Morgan fingerprint density at radius 1 is 0.967 bits per heavy atom. The van der Waals surface area contributed by atoms with E-state index in [2.05, 4.69) is 15.6 Å². The molecule has 156 valence electrons. The molecule has 3 rings (SSSR count). The molecule has 3 aromatic rings. The molecule has 0 spiro atoms. The van der Waals surface area contributed by atoms with Crippen LogP contribution < -0.4 is 20.1 Å². The van der Waals surface area contributed by atoms with Crippen molar-refractivity contribution in [1.29, 1.82) is 0 Å². The number of hydrogen-bond acceptors (Lipinski definition) is 6. The molecular formula is C22H23N3O4S. The summed E-state index contributed by atoms with van der Waals surface area (Å²) in [6.45, 7) is 2.76. The van der Waals surface area contributed by atoms with Crippen molar-refractivity contribution in [3.63, 3.8) is 0 Å². The number of amides is 2. The Bertz CT molecular complexity index is 1020. The van der Waals surface area contributed by atoms with Gasteiger partial charge in [-0.05, 0) is 30.7 Å². The number of carbonyl (C=O) groups excluding carboxylic acids is 2. The third-order valence-electron chi connectivity index (χ3n) is 4.29. The highest BCUT2D eigenvalue weighted by Gasteiger charge is 2.12. The van der Waals surface area contributed by atoms with E-state index in [1.807, 2.05) is 49.4 Å². The monoisotopic (exact) mass is 425 g/mol. The molecule has 0 atom stereocenters. The van der Waals surface area contributed by atoms with Crippen LogP contribution in [0.4, 0.5) is 0 Å². The molecule has 8 heteroatoms. The Balaban J connectivity index is 1.44. The van der Waals surface area contributed by atoms with Gasteiger partial charge in [0, 0.05) is 24.0 Å². The summed E-state index contributed by atoms with van der Waals surface area (Å²) in [4.78, 5) is 28.7. The van der Waals surface area contributed by atoms with Crippen LogP contribution in [-0.4, -0.2) is 37.0 Å². The summed E-state index contributed by atoms with van der Waals surface area (Å²) >= 11 is 1.35. The van der Waals surface area contributed by atoms with E-state index >= 15 is 0 Å². The number of aryl methyl sites for hydroxylation is 1. The first-order valence-electron chi connectivity index (χ1n) is 9.40. The van der Waals surface area contributed by atoms with Crippen molar-refractivity contribution >= 4 is 23.2 Å². The highest BCUT2D eigenvalue weighted by atomic mass is 32.1. The van der Waals surface area contributed by atoms with Gasteiger partial charge in [-0.15, -0.1) is 11.3 Å². The lowest BCUT2D eigenvalue weighted by Gasteiger charge is -2.08. The molecule has 0 radical (unpaired) electrons. The molecule has 0 saturated carbocycles. The number of nitrogens with one attached hydrogen (secondary N) is 2. The highest BCUT2D eigenvalue weighted by Crippen LogP contribution is 2.27. The Kier molecular flexibility index (Phi) is 7.40. The van der Waals surface area contributed by atoms with E-state index < -0.39 is 0 Å². The standard InChI is InChI=1S/C22H23N3O4S/c1-15-7-3-4-8-16(15)21(26)23-11-12-24-22(27)17-14-30-20(25-17)13-29-19-10-6-5-9-18(19)28-2/h3-10,14H,11-13H2,1-2H3,(H,23,26)(H,24,27). The van der Waals surface area contributed by atoms with Crippen LogP contribution in [0.15, 0.2) is 53.9 Å². The summed E-state index contributed by atoms with van der Waals surface area (Å²) in [5.74, 6) is 0.803. The van der Waals surface area contributed by atoms with Gasteiger partial charge < -0.3 is 20.1 Å². The molecule has 0 unspecified atom stereocenters. The Morgan fingerprint density at radius 3 is 2.37 bits per heavy atom. The van der Waals surface area contributed by atoms with Crippen LogP contribution in [0, 0.1) is 6.92 Å². The van der Waals surface area contributed by atoms with Gasteiger partial charge in [-0.3, -0.25) is 9.59 Å².